The average molecular weight is 320 g/mol. The molecule has 1 aromatic heterocycles. The molecule has 0 saturated heterocycles. The Morgan fingerprint density at radius 3 is 2.87 bits per heavy atom. The highest BCUT2D eigenvalue weighted by molar-refractivity contribution is 14.1. The maximum atomic E-state index is 11.6. The number of hydrogen-bond acceptors (Lipinski definition) is 3. The minimum absolute atomic E-state index is 0.0416. The smallest absolute Gasteiger partial charge is 0.253 e. The first-order valence-corrected chi connectivity index (χ1v) is 5.78. The number of nitrogens with one attached hydrogen (secondary N) is 1. The first-order chi connectivity index (χ1) is 7.17. The molecule has 0 fully saturated rings. The standard InChI is InChI=1S/C10H13IN2O2/c1-2-8(6-14)13-10(15)7-3-4-9(11)12-5-7/h3-5,8,14H,2,6H2,1H3,(H,13,15)/t8-/m1/s1. The molecular formula is C10H13IN2O2. The number of rotatable bonds is 4. The van der Waals surface area contributed by atoms with Crippen molar-refractivity contribution in [2.24, 2.45) is 0 Å². The average Bonchev–Trinajstić information content (AvgIpc) is 2.26. The molecule has 0 saturated carbocycles. The molecule has 0 aliphatic carbocycles. The van der Waals surface area contributed by atoms with Crippen molar-refractivity contribution in [3.63, 3.8) is 0 Å². The van der Waals surface area contributed by atoms with E-state index >= 15 is 0 Å². The first kappa shape index (κ1) is 12.4. The molecule has 0 unspecified atom stereocenters. The molecule has 4 nitrogen and oxygen atoms in total. The number of carbonyl (C=O) groups excluding carboxylic acids is 1. The van der Waals surface area contributed by atoms with E-state index in [4.69, 9.17) is 5.11 Å². The molecule has 0 radical (unpaired) electrons. The quantitative estimate of drug-likeness (QED) is 0.647. The lowest BCUT2D eigenvalue weighted by Crippen LogP contribution is -2.36. The molecule has 0 spiro atoms. The van der Waals surface area contributed by atoms with Gasteiger partial charge in [-0.15, -0.1) is 0 Å². The van der Waals surface area contributed by atoms with Crippen LogP contribution in [0.4, 0.5) is 0 Å². The van der Waals surface area contributed by atoms with Crippen molar-refractivity contribution >= 4 is 28.5 Å². The lowest BCUT2D eigenvalue weighted by atomic mass is 10.2. The van der Waals surface area contributed by atoms with Crippen LogP contribution in [0.3, 0.4) is 0 Å². The monoisotopic (exact) mass is 320 g/mol. The molecular weight excluding hydrogens is 307 g/mol. The zero-order chi connectivity index (χ0) is 11.3. The number of carbonyl (C=O) groups is 1. The third-order valence-corrected chi connectivity index (χ3v) is 2.68. The van der Waals surface area contributed by atoms with Crippen LogP contribution in [-0.2, 0) is 0 Å². The number of hydrogen-bond donors (Lipinski definition) is 2. The van der Waals surface area contributed by atoms with Gasteiger partial charge in [0.05, 0.1) is 18.2 Å². The van der Waals surface area contributed by atoms with E-state index in [9.17, 15) is 4.79 Å². The molecule has 5 heteroatoms. The second-order valence-electron chi connectivity index (χ2n) is 3.13. The van der Waals surface area contributed by atoms with Crippen LogP contribution in [0.5, 0.6) is 0 Å². The molecule has 15 heavy (non-hydrogen) atoms. The normalized spacial score (nSPS) is 12.2. The predicted octanol–water partition coefficient (Wildman–Crippen LogP) is 1.19. The van der Waals surface area contributed by atoms with Crippen LogP contribution in [-0.4, -0.2) is 28.6 Å². The van der Waals surface area contributed by atoms with Gasteiger partial charge in [0.2, 0.25) is 0 Å². The summed E-state index contributed by atoms with van der Waals surface area (Å²) in [4.78, 5) is 15.6. The van der Waals surface area contributed by atoms with E-state index in [0.717, 1.165) is 3.70 Å². The van der Waals surface area contributed by atoms with Crippen LogP contribution in [0.2, 0.25) is 0 Å². The van der Waals surface area contributed by atoms with Gasteiger partial charge in [-0.1, -0.05) is 6.92 Å². The van der Waals surface area contributed by atoms with Gasteiger partial charge in [0, 0.05) is 6.20 Å². The number of pyridine rings is 1. The van der Waals surface area contributed by atoms with Gasteiger partial charge in [-0.3, -0.25) is 4.79 Å². The van der Waals surface area contributed by atoms with Crippen molar-refractivity contribution in [3.05, 3.63) is 27.6 Å². The van der Waals surface area contributed by atoms with Gasteiger partial charge in [0.15, 0.2) is 0 Å². The van der Waals surface area contributed by atoms with Crippen molar-refractivity contribution in [2.75, 3.05) is 6.61 Å². The minimum atomic E-state index is -0.195. The number of halogens is 1. The van der Waals surface area contributed by atoms with Gasteiger partial charge in [-0.25, -0.2) is 4.98 Å². The minimum Gasteiger partial charge on any atom is -0.394 e. The van der Waals surface area contributed by atoms with Crippen LogP contribution in [0, 0.1) is 3.70 Å². The molecule has 1 rings (SSSR count). The summed E-state index contributed by atoms with van der Waals surface area (Å²) < 4.78 is 0.846. The molecule has 0 bridgehead atoms. The van der Waals surface area contributed by atoms with Gasteiger partial charge in [-0.05, 0) is 41.1 Å². The maximum absolute atomic E-state index is 11.6. The van der Waals surface area contributed by atoms with E-state index in [2.05, 4.69) is 32.9 Å². The fourth-order valence-electron chi connectivity index (χ4n) is 1.06. The number of aliphatic hydroxyl groups is 1. The van der Waals surface area contributed by atoms with Crippen molar-refractivity contribution in [2.45, 2.75) is 19.4 Å². The van der Waals surface area contributed by atoms with E-state index in [-0.39, 0.29) is 18.6 Å². The van der Waals surface area contributed by atoms with Crippen LogP contribution < -0.4 is 5.32 Å². The van der Waals surface area contributed by atoms with E-state index in [0.29, 0.717) is 12.0 Å². The van der Waals surface area contributed by atoms with E-state index in [1.807, 2.05) is 6.92 Å². The van der Waals surface area contributed by atoms with Crippen LogP contribution in [0.15, 0.2) is 18.3 Å². The molecule has 1 aromatic rings. The summed E-state index contributed by atoms with van der Waals surface area (Å²) in [6.45, 7) is 1.87. The van der Waals surface area contributed by atoms with Crippen molar-refractivity contribution in [3.8, 4) is 0 Å². The molecule has 1 amide bonds. The van der Waals surface area contributed by atoms with Crippen molar-refractivity contribution in [1.29, 1.82) is 0 Å². The summed E-state index contributed by atoms with van der Waals surface area (Å²) in [5, 5.41) is 11.7. The summed E-state index contributed by atoms with van der Waals surface area (Å²) in [6.07, 6.45) is 2.24. The highest BCUT2D eigenvalue weighted by Crippen LogP contribution is 2.03. The Hall–Kier alpha value is -0.690. The number of aromatic nitrogens is 1. The second kappa shape index (κ2) is 6.02. The Morgan fingerprint density at radius 1 is 1.67 bits per heavy atom. The highest BCUT2D eigenvalue weighted by Gasteiger charge is 2.10. The summed E-state index contributed by atoms with van der Waals surface area (Å²) in [5.74, 6) is -0.195. The molecule has 1 atom stereocenters. The van der Waals surface area contributed by atoms with E-state index in [1.54, 1.807) is 12.1 Å². The fourth-order valence-corrected chi connectivity index (χ4v) is 1.37. The van der Waals surface area contributed by atoms with E-state index < -0.39 is 0 Å². The van der Waals surface area contributed by atoms with Gasteiger partial charge in [-0.2, -0.15) is 0 Å². The molecule has 0 aromatic carbocycles. The maximum Gasteiger partial charge on any atom is 0.253 e. The zero-order valence-electron chi connectivity index (χ0n) is 8.40. The van der Waals surface area contributed by atoms with Crippen molar-refractivity contribution < 1.29 is 9.90 Å². The Bertz CT molecular complexity index is 323. The Balaban J connectivity index is 2.64. The van der Waals surface area contributed by atoms with Gasteiger partial charge in [0.25, 0.3) is 5.91 Å². The summed E-state index contributed by atoms with van der Waals surface area (Å²) in [6, 6.07) is 3.31. The van der Waals surface area contributed by atoms with Gasteiger partial charge >= 0.3 is 0 Å². The number of nitrogens with zero attached hydrogens (tertiary/aromatic N) is 1. The second-order valence-corrected chi connectivity index (χ2v) is 4.24. The SMILES string of the molecule is CC[C@H](CO)NC(=O)c1ccc(I)nc1. The lowest BCUT2D eigenvalue weighted by Gasteiger charge is -2.13. The topological polar surface area (TPSA) is 62.2 Å². The third kappa shape index (κ3) is 3.75. The summed E-state index contributed by atoms with van der Waals surface area (Å²) in [5.41, 5.74) is 0.516. The first-order valence-electron chi connectivity index (χ1n) is 4.70. The summed E-state index contributed by atoms with van der Waals surface area (Å²) in [7, 11) is 0. The van der Waals surface area contributed by atoms with Crippen LogP contribution >= 0.6 is 22.6 Å². The zero-order valence-corrected chi connectivity index (χ0v) is 10.6. The lowest BCUT2D eigenvalue weighted by molar-refractivity contribution is 0.0914. The van der Waals surface area contributed by atoms with Crippen LogP contribution in [0.1, 0.15) is 23.7 Å². The molecule has 0 aliphatic heterocycles. The molecule has 2 N–H and O–H groups in total. The summed E-state index contributed by atoms with van der Waals surface area (Å²) >= 11 is 2.08. The van der Waals surface area contributed by atoms with Crippen LogP contribution in [0.25, 0.3) is 0 Å². The largest absolute Gasteiger partial charge is 0.394 e. The molecule has 82 valence electrons. The number of aliphatic hydroxyl groups excluding tert-OH is 1. The van der Waals surface area contributed by atoms with Gasteiger partial charge in [0.1, 0.15) is 3.70 Å². The Morgan fingerprint density at radius 2 is 2.40 bits per heavy atom. The van der Waals surface area contributed by atoms with E-state index in [1.165, 1.54) is 6.20 Å². The molecule has 0 aliphatic rings. The van der Waals surface area contributed by atoms with Crippen molar-refractivity contribution in [1.82, 2.24) is 10.3 Å². The van der Waals surface area contributed by atoms with Gasteiger partial charge < -0.3 is 10.4 Å². The highest BCUT2D eigenvalue weighted by atomic mass is 127. The molecule has 1 heterocycles. The predicted molar refractivity (Wildman–Crippen MR) is 65.6 cm³/mol. The Labute approximate surface area is 102 Å². The Kier molecular flexibility index (Phi) is 4.97. The fraction of sp³-hybridized carbons (Fsp3) is 0.400. The number of amides is 1. The third-order valence-electron chi connectivity index (χ3n) is 2.04.